The lowest BCUT2D eigenvalue weighted by Crippen LogP contribution is -2.41. The highest BCUT2D eigenvalue weighted by Crippen LogP contribution is 2.23. The maximum Gasteiger partial charge on any atom is 0.254 e. The van der Waals surface area contributed by atoms with E-state index in [0.717, 1.165) is 0 Å². The number of likely N-dealkylation sites (tertiary alicyclic amines) is 1. The van der Waals surface area contributed by atoms with E-state index in [0.29, 0.717) is 48.6 Å². The molecule has 0 spiro atoms. The number of benzene rings is 1. The first-order valence-corrected chi connectivity index (χ1v) is 11.8. The first-order chi connectivity index (χ1) is 15.2. The molecule has 2 heterocycles. The molecule has 32 heavy (non-hydrogen) atoms. The number of sulfonamides is 1. The zero-order valence-corrected chi connectivity index (χ0v) is 19.2. The second kappa shape index (κ2) is 10.2. The van der Waals surface area contributed by atoms with Crippen molar-refractivity contribution in [3.63, 3.8) is 0 Å². The lowest BCUT2D eigenvalue weighted by molar-refractivity contribution is -0.121. The molecular formula is C21H28N4O6S. The van der Waals surface area contributed by atoms with E-state index < -0.39 is 10.0 Å². The van der Waals surface area contributed by atoms with Gasteiger partial charge in [0.1, 0.15) is 5.76 Å². The van der Waals surface area contributed by atoms with Crippen molar-refractivity contribution >= 4 is 27.7 Å². The molecule has 3 rings (SSSR count). The Morgan fingerprint density at radius 3 is 2.56 bits per heavy atom. The number of aromatic nitrogens is 1. The Morgan fingerprint density at radius 2 is 1.94 bits per heavy atom. The summed E-state index contributed by atoms with van der Waals surface area (Å²) in [6.45, 7) is 4.69. The molecule has 1 fully saturated rings. The molecule has 0 atom stereocenters. The van der Waals surface area contributed by atoms with Crippen LogP contribution >= 0.6 is 0 Å². The van der Waals surface area contributed by atoms with Crippen LogP contribution in [-0.4, -0.2) is 63.6 Å². The van der Waals surface area contributed by atoms with Crippen molar-refractivity contribution in [1.82, 2.24) is 14.8 Å². The molecule has 2 aromatic rings. The summed E-state index contributed by atoms with van der Waals surface area (Å²) in [5.41, 5.74) is 1.02. The Bertz CT molecular complexity index is 1070. The van der Waals surface area contributed by atoms with E-state index in [2.05, 4.69) is 15.2 Å². The van der Waals surface area contributed by atoms with Gasteiger partial charge >= 0.3 is 0 Å². The average Bonchev–Trinajstić information content (AvgIpc) is 3.18. The number of hydrogen-bond donors (Lipinski definition) is 2. The van der Waals surface area contributed by atoms with Crippen LogP contribution < -0.4 is 10.0 Å². The van der Waals surface area contributed by atoms with Gasteiger partial charge in [0, 0.05) is 44.3 Å². The topological polar surface area (TPSA) is 131 Å². The molecule has 2 N–H and O–H groups in total. The Morgan fingerprint density at radius 1 is 1.22 bits per heavy atom. The second-order valence-electron chi connectivity index (χ2n) is 7.75. The van der Waals surface area contributed by atoms with Crippen LogP contribution in [0.25, 0.3) is 0 Å². The quantitative estimate of drug-likeness (QED) is 0.569. The SMILES string of the molecule is COCCNS(=O)(=O)c1ccc(C)c(C(=O)N2CCC(C(=O)Nc3cc(C)on3)CC2)c1. The fourth-order valence-electron chi connectivity index (χ4n) is 3.53. The Balaban J connectivity index is 1.63. The van der Waals surface area contributed by atoms with Crippen LogP contribution in [0.15, 0.2) is 33.7 Å². The van der Waals surface area contributed by atoms with E-state index >= 15 is 0 Å². The number of carbonyl (C=O) groups excluding carboxylic acids is 2. The molecule has 1 aliphatic heterocycles. The van der Waals surface area contributed by atoms with Crippen molar-refractivity contribution in [3.8, 4) is 0 Å². The maximum atomic E-state index is 13.1. The monoisotopic (exact) mass is 464 g/mol. The van der Waals surface area contributed by atoms with Gasteiger partial charge in [0.2, 0.25) is 15.9 Å². The summed E-state index contributed by atoms with van der Waals surface area (Å²) in [7, 11) is -2.27. The van der Waals surface area contributed by atoms with E-state index in [9.17, 15) is 18.0 Å². The molecule has 11 heteroatoms. The number of nitrogens with one attached hydrogen (secondary N) is 2. The van der Waals surface area contributed by atoms with Crippen LogP contribution in [-0.2, 0) is 19.6 Å². The van der Waals surface area contributed by atoms with Crippen molar-refractivity contribution in [3.05, 3.63) is 41.2 Å². The van der Waals surface area contributed by atoms with Gasteiger partial charge in [-0.15, -0.1) is 0 Å². The maximum absolute atomic E-state index is 13.1. The molecule has 1 saturated heterocycles. The van der Waals surface area contributed by atoms with Crippen molar-refractivity contribution < 1.29 is 27.3 Å². The average molecular weight is 465 g/mol. The first-order valence-electron chi connectivity index (χ1n) is 10.3. The minimum atomic E-state index is -3.75. The fourth-order valence-corrected chi connectivity index (χ4v) is 4.57. The van der Waals surface area contributed by atoms with E-state index in [1.54, 1.807) is 30.9 Å². The number of hydrogen-bond acceptors (Lipinski definition) is 7. The fraction of sp³-hybridized carbons (Fsp3) is 0.476. The summed E-state index contributed by atoms with van der Waals surface area (Å²) in [5.74, 6) is 0.334. The molecule has 1 aliphatic rings. The number of anilines is 1. The summed E-state index contributed by atoms with van der Waals surface area (Å²) >= 11 is 0. The Labute approximate surface area is 187 Å². The molecule has 0 unspecified atom stereocenters. The van der Waals surface area contributed by atoms with E-state index in [4.69, 9.17) is 9.26 Å². The number of nitrogens with zero attached hydrogens (tertiary/aromatic N) is 2. The summed E-state index contributed by atoms with van der Waals surface area (Å²) in [5, 5.41) is 6.49. The van der Waals surface area contributed by atoms with Gasteiger partial charge in [-0.05, 0) is 44.4 Å². The summed E-state index contributed by atoms with van der Waals surface area (Å²) in [6, 6.07) is 6.14. The minimum absolute atomic E-state index is 0.0275. The van der Waals surface area contributed by atoms with Crippen LogP contribution in [0.4, 0.5) is 5.82 Å². The van der Waals surface area contributed by atoms with Crippen LogP contribution in [0, 0.1) is 19.8 Å². The predicted octanol–water partition coefficient (Wildman–Crippen LogP) is 1.71. The van der Waals surface area contributed by atoms with Gasteiger partial charge in [-0.2, -0.15) is 0 Å². The Hall–Kier alpha value is -2.76. The smallest absolute Gasteiger partial charge is 0.254 e. The predicted molar refractivity (Wildman–Crippen MR) is 117 cm³/mol. The molecular weight excluding hydrogens is 436 g/mol. The van der Waals surface area contributed by atoms with Crippen LogP contribution in [0.2, 0.25) is 0 Å². The van der Waals surface area contributed by atoms with Gasteiger partial charge in [0.15, 0.2) is 5.82 Å². The van der Waals surface area contributed by atoms with Crippen LogP contribution in [0.5, 0.6) is 0 Å². The third kappa shape index (κ3) is 5.72. The molecule has 0 bridgehead atoms. The molecule has 0 aliphatic carbocycles. The zero-order chi connectivity index (χ0) is 23.3. The number of aryl methyl sites for hydroxylation is 2. The standard InChI is InChI=1S/C21H28N4O6S/c1-14-4-5-17(32(28,29)22-8-11-30-3)13-18(14)21(27)25-9-6-16(7-10-25)20(26)23-19-12-15(2)31-24-19/h4-5,12-13,16,22H,6-11H2,1-3H3,(H,23,24,26). The number of piperidine rings is 1. The normalized spacial score (nSPS) is 15.0. The van der Waals surface area contributed by atoms with Crippen molar-refractivity contribution in [2.75, 3.05) is 38.7 Å². The van der Waals surface area contributed by atoms with Gasteiger partial charge in [-0.3, -0.25) is 9.59 Å². The zero-order valence-electron chi connectivity index (χ0n) is 18.4. The number of carbonyl (C=O) groups is 2. The third-order valence-corrected chi connectivity index (χ3v) is 6.84. The molecule has 1 aromatic heterocycles. The van der Waals surface area contributed by atoms with Gasteiger partial charge in [-0.1, -0.05) is 11.2 Å². The van der Waals surface area contributed by atoms with Gasteiger partial charge in [-0.25, -0.2) is 13.1 Å². The molecule has 174 valence electrons. The van der Waals surface area contributed by atoms with Gasteiger partial charge < -0.3 is 19.5 Å². The lowest BCUT2D eigenvalue weighted by Gasteiger charge is -2.31. The highest BCUT2D eigenvalue weighted by Gasteiger charge is 2.29. The first kappa shape index (κ1) is 23.9. The molecule has 2 amide bonds. The highest BCUT2D eigenvalue weighted by atomic mass is 32.2. The number of rotatable bonds is 8. The summed E-state index contributed by atoms with van der Waals surface area (Å²) < 4.78 is 37.2. The second-order valence-corrected chi connectivity index (χ2v) is 9.51. The number of amides is 2. The highest BCUT2D eigenvalue weighted by molar-refractivity contribution is 7.89. The number of methoxy groups -OCH3 is 1. The summed E-state index contributed by atoms with van der Waals surface area (Å²) in [6.07, 6.45) is 1.01. The van der Waals surface area contributed by atoms with Crippen molar-refractivity contribution in [1.29, 1.82) is 0 Å². The largest absolute Gasteiger partial charge is 0.383 e. The van der Waals surface area contributed by atoms with E-state index in [-0.39, 0.29) is 35.8 Å². The lowest BCUT2D eigenvalue weighted by atomic mass is 9.95. The Kier molecular flexibility index (Phi) is 7.64. The molecule has 0 radical (unpaired) electrons. The van der Waals surface area contributed by atoms with Gasteiger partial charge in [0.25, 0.3) is 5.91 Å². The molecule has 1 aromatic carbocycles. The minimum Gasteiger partial charge on any atom is -0.383 e. The number of ether oxygens (including phenoxy) is 1. The van der Waals surface area contributed by atoms with Crippen LogP contribution in [0.1, 0.15) is 34.5 Å². The molecule has 10 nitrogen and oxygen atoms in total. The van der Waals surface area contributed by atoms with Crippen molar-refractivity contribution in [2.45, 2.75) is 31.6 Å². The van der Waals surface area contributed by atoms with Gasteiger partial charge in [0.05, 0.1) is 11.5 Å². The van der Waals surface area contributed by atoms with E-state index in [1.807, 2.05) is 0 Å². The van der Waals surface area contributed by atoms with Crippen molar-refractivity contribution in [2.24, 2.45) is 5.92 Å². The molecule has 0 saturated carbocycles. The summed E-state index contributed by atoms with van der Waals surface area (Å²) in [4.78, 5) is 27.2. The third-order valence-electron chi connectivity index (χ3n) is 5.38. The van der Waals surface area contributed by atoms with E-state index in [1.165, 1.54) is 19.2 Å². The van der Waals surface area contributed by atoms with Crippen LogP contribution in [0.3, 0.4) is 0 Å².